The zero-order valence-corrected chi connectivity index (χ0v) is 19.4. The first kappa shape index (κ1) is 22.6. The third kappa shape index (κ3) is 5.22. The maximum atomic E-state index is 12.9. The van der Waals surface area contributed by atoms with Crippen molar-refractivity contribution in [3.05, 3.63) is 63.7 Å². The fourth-order valence-corrected chi connectivity index (χ4v) is 4.32. The van der Waals surface area contributed by atoms with E-state index in [1.54, 1.807) is 10.6 Å². The van der Waals surface area contributed by atoms with Crippen LogP contribution in [0, 0.1) is 5.92 Å². The molecular weight excluding hydrogens is 404 g/mol. The van der Waals surface area contributed by atoms with Crippen LogP contribution in [0.3, 0.4) is 0 Å². The van der Waals surface area contributed by atoms with Crippen LogP contribution in [0.15, 0.2) is 41.2 Å². The summed E-state index contributed by atoms with van der Waals surface area (Å²) in [7, 11) is 0. The number of aromatic amines is 1. The number of hydrogen-bond acceptors (Lipinski definition) is 5. The van der Waals surface area contributed by atoms with Gasteiger partial charge in [0, 0.05) is 43.5 Å². The van der Waals surface area contributed by atoms with Crippen LogP contribution < -0.4 is 15.6 Å². The van der Waals surface area contributed by atoms with E-state index in [4.69, 9.17) is 14.5 Å². The Morgan fingerprint density at radius 1 is 1.19 bits per heavy atom. The standard InChI is InChI=1S/C25H34N4O3/c1-16(2)25(26-15-18-6-5-7-20(12-18)32-17(3)4)22-14-24(30)29-23(27-22)13-21(28-29)19-8-10-31-11-9-19/h5-7,12-14,16-17,19,25-26,28H,8-11,15H2,1-4H3/t25-/m1/s1. The second-order valence-corrected chi connectivity index (χ2v) is 9.23. The van der Waals surface area contributed by atoms with Crippen LogP contribution in [0.4, 0.5) is 0 Å². The van der Waals surface area contributed by atoms with E-state index in [0.717, 1.165) is 48.8 Å². The van der Waals surface area contributed by atoms with Crippen molar-refractivity contribution in [1.29, 1.82) is 0 Å². The Morgan fingerprint density at radius 2 is 1.97 bits per heavy atom. The highest BCUT2D eigenvalue weighted by molar-refractivity contribution is 5.41. The van der Waals surface area contributed by atoms with E-state index in [0.29, 0.717) is 18.1 Å². The van der Waals surface area contributed by atoms with Gasteiger partial charge in [0.25, 0.3) is 5.56 Å². The summed E-state index contributed by atoms with van der Waals surface area (Å²) in [6, 6.07) is 11.7. The lowest BCUT2D eigenvalue weighted by atomic mass is 9.97. The summed E-state index contributed by atoms with van der Waals surface area (Å²) in [4.78, 5) is 17.7. The minimum atomic E-state index is -0.0805. The molecule has 2 aromatic heterocycles. The topological polar surface area (TPSA) is 80.6 Å². The average Bonchev–Trinajstić information content (AvgIpc) is 3.19. The molecule has 7 heteroatoms. The number of nitrogens with zero attached hydrogens (tertiary/aromatic N) is 2. The SMILES string of the molecule is CC(C)Oc1cccc(CN[C@@H](c2cc(=O)n3[nH]c(C4CCOCC4)cc3n2)C(C)C)c1. The molecule has 1 aliphatic rings. The maximum Gasteiger partial charge on any atom is 0.272 e. The predicted octanol–water partition coefficient (Wildman–Crippen LogP) is 4.19. The number of nitrogens with one attached hydrogen (secondary N) is 2. The molecule has 0 aliphatic carbocycles. The van der Waals surface area contributed by atoms with Crippen molar-refractivity contribution in [2.24, 2.45) is 5.92 Å². The zero-order valence-electron chi connectivity index (χ0n) is 19.4. The van der Waals surface area contributed by atoms with Gasteiger partial charge in [-0.05, 0) is 50.3 Å². The molecule has 0 saturated carbocycles. The van der Waals surface area contributed by atoms with E-state index in [2.05, 4.69) is 36.4 Å². The third-order valence-electron chi connectivity index (χ3n) is 5.93. The lowest BCUT2D eigenvalue weighted by Gasteiger charge is -2.22. The molecule has 0 radical (unpaired) electrons. The Hall–Kier alpha value is -2.64. The minimum absolute atomic E-state index is 0.0381. The lowest BCUT2D eigenvalue weighted by molar-refractivity contribution is 0.0844. The van der Waals surface area contributed by atoms with Gasteiger partial charge < -0.3 is 14.8 Å². The van der Waals surface area contributed by atoms with Crippen molar-refractivity contribution in [2.45, 2.75) is 65.1 Å². The number of aromatic nitrogens is 3. The monoisotopic (exact) mass is 438 g/mol. The Balaban J connectivity index is 1.55. The van der Waals surface area contributed by atoms with Crippen molar-refractivity contribution in [2.75, 3.05) is 13.2 Å². The van der Waals surface area contributed by atoms with Gasteiger partial charge in [-0.15, -0.1) is 0 Å². The molecule has 3 heterocycles. The molecule has 1 aliphatic heterocycles. The summed E-state index contributed by atoms with van der Waals surface area (Å²) in [5.74, 6) is 1.52. The van der Waals surface area contributed by atoms with Gasteiger partial charge in [-0.1, -0.05) is 26.0 Å². The molecule has 0 unspecified atom stereocenters. The quantitative estimate of drug-likeness (QED) is 0.551. The average molecular weight is 439 g/mol. The molecule has 0 bridgehead atoms. The van der Waals surface area contributed by atoms with Crippen LogP contribution in [0.2, 0.25) is 0 Å². The first-order valence-corrected chi connectivity index (χ1v) is 11.6. The largest absolute Gasteiger partial charge is 0.491 e. The molecule has 1 saturated heterocycles. The van der Waals surface area contributed by atoms with E-state index in [-0.39, 0.29) is 23.6 Å². The molecule has 4 rings (SSSR count). The number of fused-ring (bicyclic) bond motifs is 1. The first-order chi connectivity index (χ1) is 15.4. The number of H-pyrrole nitrogens is 1. The summed E-state index contributed by atoms with van der Waals surface area (Å²) >= 11 is 0. The zero-order chi connectivity index (χ0) is 22.7. The van der Waals surface area contributed by atoms with Gasteiger partial charge in [-0.3, -0.25) is 9.89 Å². The molecule has 0 spiro atoms. The number of ether oxygens (including phenoxy) is 2. The van der Waals surface area contributed by atoms with Crippen LogP contribution in [0.25, 0.3) is 5.65 Å². The van der Waals surface area contributed by atoms with Gasteiger partial charge in [0.2, 0.25) is 0 Å². The molecule has 1 atom stereocenters. The Bertz CT molecular complexity index is 1100. The normalized spacial score (nSPS) is 16.2. The molecular formula is C25H34N4O3. The van der Waals surface area contributed by atoms with E-state index in [1.165, 1.54) is 0 Å². The highest BCUT2D eigenvalue weighted by Gasteiger charge is 2.22. The molecule has 0 amide bonds. The predicted molar refractivity (Wildman–Crippen MR) is 125 cm³/mol. The van der Waals surface area contributed by atoms with Crippen LogP contribution in [-0.4, -0.2) is 33.9 Å². The van der Waals surface area contributed by atoms with Crippen LogP contribution >= 0.6 is 0 Å². The van der Waals surface area contributed by atoms with E-state index < -0.39 is 0 Å². The van der Waals surface area contributed by atoms with Crippen molar-refractivity contribution >= 4 is 5.65 Å². The molecule has 3 aromatic rings. The second-order valence-electron chi connectivity index (χ2n) is 9.23. The Labute approximate surface area is 189 Å². The third-order valence-corrected chi connectivity index (χ3v) is 5.93. The van der Waals surface area contributed by atoms with Gasteiger partial charge >= 0.3 is 0 Å². The Kier molecular flexibility index (Phi) is 6.96. The molecule has 1 fully saturated rings. The van der Waals surface area contributed by atoms with E-state index in [9.17, 15) is 4.79 Å². The fourth-order valence-electron chi connectivity index (χ4n) is 4.32. The number of hydrogen-bond donors (Lipinski definition) is 2. The fraction of sp³-hybridized carbons (Fsp3) is 0.520. The first-order valence-electron chi connectivity index (χ1n) is 11.6. The Morgan fingerprint density at radius 3 is 2.69 bits per heavy atom. The summed E-state index contributed by atoms with van der Waals surface area (Å²) in [6.07, 6.45) is 2.06. The van der Waals surface area contributed by atoms with Gasteiger partial charge in [-0.25, -0.2) is 9.50 Å². The summed E-state index contributed by atoms with van der Waals surface area (Å²) < 4.78 is 12.8. The second kappa shape index (κ2) is 9.88. The van der Waals surface area contributed by atoms with Crippen molar-refractivity contribution in [1.82, 2.24) is 19.9 Å². The molecule has 7 nitrogen and oxygen atoms in total. The van der Waals surface area contributed by atoms with Gasteiger partial charge in [0.15, 0.2) is 5.65 Å². The number of rotatable bonds is 8. The highest BCUT2D eigenvalue weighted by Crippen LogP contribution is 2.27. The van der Waals surface area contributed by atoms with Crippen molar-refractivity contribution in [3.8, 4) is 5.75 Å². The smallest absolute Gasteiger partial charge is 0.272 e. The van der Waals surface area contributed by atoms with Crippen LogP contribution in [-0.2, 0) is 11.3 Å². The lowest BCUT2D eigenvalue weighted by Crippen LogP contribution is -2.28. The van der Waals surface area contributed by atoms with E-state index >= 15 is 0 Å². The van der Waals surface area contributed by atoms with Crippen molar-refractivity contribution < 1.29 is 9.47 Å². The summed E-state index contributed by atoms with van der Waals surface area (Å²) in [5.41, 5.74) is 3.56. The number of benzene rings is 1. The summed E-state index contributed by atoms with van der Waals surface area (Å²) in [6.45, 7) is 10.5. The van der Waals surface area contributed by atoms with Gasteiger partial charge in [0.1, 0.15) is 5.75 Å². The van der Waals surface area contributed by atoms with Gasteiger partial charge in [0.05, 0.1) is 17.8 Å². The maximum absolute atomic E-state index is 12.9. The van der Waals surface area contributed by atoms with Crippen LogP contribution in [0.1, 0.15) is 69.4 Å². The molecule has 32 heavy (non-hydrogen) atoms. The summed E-state index contributed by atoms with van der Waals surface area (Å²) in [5, 5.41) is 6.86. The minimum Gasteiger partial charge on any atom is -0.491 e. The molecule has 1 aromatic carbocycles. The van der Waals surface area contributed by atoms with Gasteiger partial charge in [-0.2, -0.15) is 0 Å². The molecule has 2 N–H and O–H groups in total. The molecule has 172 valence electrons. The van der Waals surface area contributed by atoms with E-state index in [1.807, 2.05) is 32.0 Å². The van der Waals surface area contributed by atoms with Crippen LogP contribution in [0.5, 0.6) is 5.75 Å². The van der Waals surface area contributed by atoms with Crippen molar-refractivity contribution in [3.63, 3.8) is 0 Å². The highest BCUT2D eigenvalue weighted by atomic mass is 16.5.